The Kier molecular flexibility index (Phi) is 7.45. The number of carbonyl (C=O) groups is 2. The van der Waals surface area contributed by atoms with Gasteiger partial charge in [0, 0.05) is 34.4 Å². The summed E-state index contributed by atoms with van der Waals surface area (Å²) in [5.74, 6) is -0.964. The summed E-state index contributed by atoms with van der Waals surface area (Å²) in [4.78, 5) is 34.4. The van der Waals surface area contributed by atoms with Crippen LogP contribution in [0.2, 0.25) is 5.02 Å². The normalized spacial score (nSPS) is 10.9. The van der Waals surface area contributed by atoms with Crippen LogP contribution >= 0.6 is 11.6 Å². The molecule has 9 heteroatoms. The number of halogens is 1. The predicted molar refractivity (Wildman–Crippen MR) is 121 cm³/mol. The van der Waals surface area contributed by atoms with Crippen molar-refractivity contribution in [3.63, 3.8) is 0 Å². The lowest BCUT2D eigenvalue weighted by molar-refractivity contribution is -0.384. The molecule has 0 spiro atoms. The van der Waals surface area contributed by atoms with Crippen LogP contribution in [-0.2, 0) is 4.79 Å². The Morgan fingerprint density at radius 1 is 1.03 bits per heavy atom. The molecule has 0 aliphatic rings. The number of hydrogen-bond acceptors (Lipinski definition) is 6. The van der Waals surface area contributed by atoms with Crippen LogP contribution in [-0.4, -0.2) is 23.0 Å². The van der Waals surface area contributed by atoms with E-state index < -0.39 is 16.8 Å². The Balaban J connectivity index is 1.67. The van der Waals surface area contributed by atoms with Gasteiger partial charge in [0.2, 0.25) is 0 Å². The van der Waals surface area contributed by atoms with Crippen molar-refractivity contribution in [3.05, 3.63) is 111 Å². The van der Waals surface area contributed by atoms with E-state index in [0.29, 0.717) is 10.6 Å². The van der Waals surface area contributed by atoms with Gasteiger partial charge in [-0.3, -0.25) is 14.9 Å². The van der Waals surface area contributed by atoms with Crippen molar-refractivity contribution in [1.29, 1.82) is 0 Å². The fraction of sp³-hybridized carbons (Fsp3) is 0. The molecule has 1 N–H and O–H groups in total. The van der Waals surface area contributed by atoms with E-state index in [9.17, 15) is 19.7 Å². The molecule has 0 saturated carbocycles. The molecule has 3 aromatic rings. The third kappa shape index (κ3) is 6.35. The molecule has 0 heterocycles. The number of nitrogens with zero attached hydrogens (tertiary/aromatic N) is 2. The summed E-state index contributed by atoms with van der Waals surface area (Å²) in [6.07, 6.45) is 4.19. The third-order valence-electron chi connectivity index (χ3n) is 4.10. The first-order valence-electron chi connectivity index (χ1n) is 9.25. The summed E-state index contributed by atoms with van der Waals surface area (Å²) in [5.41, 5.74) is 3.58. The highest BCUT2D eigenvalue weighted by molar-refractivity contribution is 6.31. The molecule has 0 atom stereocenters. The van der Waals surface area contributed by atoms with Gasteiger partial charge in [-0.05, 0) is 42.0 Å². The van der Waals surface area contributed by atoms with Crippen molar-refractivity contribution in [2.75, 3.05) is 0 Å². The van der Waals surface area contributed by atoms with Gasteiger partial charge in [-0.15, -0.1) is 0 Å². The van der Waals surface area contributed by atoms with Gasteiger partial charge in [-0.2, -0.15) is 5.10 Å². The molecule has 1 amide bonds. The number of benzene rings is 3. The molecule has 32 heavy (non-hydrogen) atoms. The van der Waals surface area contributed by atoms with Crippen molar-refractivity contribution >= 4 is 41.5 Å². The van der Waals surface area contributed by atoms with E-state index >= 15 is 0 Å². The maximum absolute atomic E-state index is 12.2. The van der Waals surface area contributed by atoms with Gasteiger partial charge in [-0.25, -0.2) is 10.2 Å². The molecule has 0 aromatic heterocycles. The van der Waals surface area contributed by atoms with E-state index in [-0.39, 0.29) is 17.0 Å². The molecule has 0 bridgehead atoms. The standard InChI is InChI=1S/C23H16ClN3O5/c24-19-9-12-21(32-22(28)13-6-16-4-2-1-3-5-16)18(14-19)15-25-26-23(29)17-7-10-20(11-8-17)27(30)31/h1-15H,(H,26,29)/b13-6+,25-15+. The zero-order chi connectivity index (χ0) is 22.9. The molecule has 0 aliphatic carbocycles. The third-order valence-corrected chi connectivity index (χ3v) is 4.34. The number of amides is 1. The highest BCUT2D eigenvalue weighted by Gasteiger charge is 2.10. The Morgan fingerprint density at radius 3 is 2.44 bits per heavy atom. The average molecular weight is 450 g/mol. The first kappa shape index (κ1) is 22.4. The van der Waals surface area contributed by atoms with Crippen LogP contribution < -0.4 is 10.2 Å². The first-order valence-corrected chi connectivity index (χ1v) is 9.62. The zero-order valence-electron chi connectivity index (χ0n) is 16.5. The highest BCUT2D eigenvalue weighted by Crippen LogP contribution is 2.22. The smallest absolute Gasteiger partial charge is 0.336 e. The van der Waals surface area contributed by atoms with Crippen molar-refractivity contribution in [1.82, 2.24) is 5.43 Å². The number of non-ortho nitro benzene ring substituents is 1. The molecule has 8 nitrogen and oxygen atoms in total. The lowest BCUT2D eigenvalue weighted by Gasteiger charge is -2.06. The lowest BCUT2D eigenvalue weighted by atomic mass is 10.2. The minimum Gasteiger partial charge on any atom is -0.423 e. The molecular weight excluding hydrogens is 434 g/mol. The SMILES string of the molecule is O=C(/C=C/c1ccccc1)Oc1ccc(Cl)cc1/C=N/NC(=O)c1ccc([N+](=O)[O-])cc1. The Morgan fingerprint density at radius 2 is 1.75 bits per heavy atom. The van der Waals surface area contributed by atoms with Crippen molar-refractivity contribution < 1.29 is 19.2 Å². The van der Waals surface area contributed by atoms with E-state index in [1.165, 1.54) is 48.7 Å². The highest BCUT2D eigenvalue weighted by atomic mass is 35.5. The second-order valence-corrected chi connectivity index (χ2v) is 6.79. The minimum atomic E-state index is -0.597. The van der Waals surface area contributed by atoms with E-state index in [2.05, 4.69) is 10.5 Å². The predicted octanol–water partition coefficient (Wildman–Crippen LogP) is 4.63. The number of ether oxygens (including phenoxy) is 1. The summed E-state index contributed by atoms with van der Waals surface area (Å²) in [6, 6.07) is 18.9. The number of nitrogens with one attached hydrogen (secondary N) is 1. The molecule has 0 unspecified atom stereocenters. The van der Waals surface area contributed by atoms with Crippen molar-refractivity contribution in [3.8, 4) is 5.75 Å². The van der Waals surface area contributed by atoms with Crippen LogP contribution in [0.4, 0.5) is 5.69 Å². The summed E-state index contributed by atoms with van der Waals surface area (Å²) in [6.45, 7) is 0. The monoisotopic (exact) mass is 449 g/mol. The van der Waals surface area contributed by atoms with Crippen LogP contribution in [0.15, 0.2) is 84.0 Å². The zero-order valence-corrected chi connectivity index (χ0v) is 17.2. The summed E-state index contributed by atoms with van der Waals surface area (Å²) in [5, 5.41) is 14.9. The summed E-state index contributed by atoms with van der Waals surface area (Å²) in [7, 11) is 0. The van der Waals surface area contributed by atoms with Crippen LogP contribution in [0.1, 0.15) is 21.5 Å². The molecule has 0 saturated heterocycles. The molecule has 160 valence electrons. The van der Waals surface area contributed by atoms with Crippen LogP contribution in [0.3, 0.4) is 0 Å². The maximum Gasteiger partial charge on any atom is 0.336 e. The number of hydrazone groups is 1. The van der Waals surface area contributed by atoms with Gasteiger partial charge in [0.25, 0.3) is 11.6 Å². The van der Waals surface area contributed by atoms with E-state index in [1.54, 1.807) is 12.1 Å². The maximum atomic E-state index is 12.2. The molecule has 0 aliphatic heterocycles. The summed E-state index contributed by atoms with van der Waals surface area (Å²) < 4.78 is 5.35. The largest absolute Gasteiger partial charge is 0.423 e. The van der Waals surface area contributed by atoms with Crippen LogP contribution in [0.5, 0.6) is 5.75 Å². The number of esters is 1. The van der Waals surface area contributed by atoms with E-state index in [4.69, 9.17) is 16.3 Å². The first-order chi connectivity index (χ1) is 15.4. The van der Waals surface area contributed by atoms with Crippen LogP contribution in [0.25, 0.3) is 6.08 Å². The summed E-state index contributed by atoms with van der Waals surface area (Å²) >= 11 is 6.01. The molecule has 0 radical (unpaired) electrons. The Bertz CT molecular complexity index is 1190. The topological polar surface area (TPSA) is 111 Å². The number of carbonyl (C=O) groups excluding carboxylic acids is 2. The quantitative estimate of drug-likeness (QED) is 0.141. The van der Waals surface area contributed by atoms with E-state index in [0.717, 1.165) is 5.56 Å². The fourth-order valence-corrected chi connectivity index (χ4v) is 2.72. The Labute approximate surface area is 187 Å². The minimum absolute atomic E-state index is 0.128. The van der Waals surface area contributed by atoms with Crippen molar-refractivity contribution in [2.45, 2.75) is 0 Å². The lowest BCUT2D eigenvalue weighted by Crippen LogP contribution is -2.17. The van der Waals surface area contributed by atoms with Gasteiger partial charge in [0.15, 0.2) is 0 Å². The molecule has 0 fully saturated rings. The second-order valence-electron chi connectivity index (χ2n) is 6.35. The second kappa shape index (κ2) is 10.6. The Hall–Kier alpha value is -4.30. The van der Waals surface area contributed by atoms with Gasteiger partial charge in [0.05, 0.1) is 11.1 Å². The van der Waals surface area contributed by atoms with Gasteiger partial charge in [0.1, 0.15) is 5.75 Å². The number of nitro groups is 1. The van der Waals surface area contributed by atoms with Gasteiger partial charge >= 0.3 is 5.97 Å². The molecular formula is C23H16ClN3O5. The average Bonchev–Trinajstić information content (AvgIpc) is 2.80. The fourth-order valence-electron chi connectivity index (χ4n) is 2.54. The van der Waals surface area contributed by atoms with E-state index in [1.807, 2.05) is 30.3 Å². The van der Waals surface area contributed by atoms with Gasteiger partial charge < -0.3 is 4.74 Å². The number of nitro benzene ring substituents is 1. The molecule has 3 rings (SSSR count). The van der Waals surface area contributed by atoms with Gasteiger partial charge in [-0.1, -0.05) is 41.9 Å². The number of hydrogen-bond donors (Lipinski definition) is 1. The molecule has 3 aromatic carbocycles. The van der Waals surface area contributed by atoms with Crippen LogP contribution in [0, 0.1) is 10.1 Å². The number of rotatable bonds is 7. The van der Waals surface area contributed by atoms with Crippen molar-refractivity contribution in [2.24, 2.45) is 5.10 Å².